The van der Waals surface area contributed by atoms with E-state index in [1.165, 1.54) is 28.6 Å². The number of fused-ring (bicyclic) bond motifs is 1. The summed E-state index contributed by atoms with van der Waals surface area (Å²) in [4.78, 5) is 28.4. The molecule has 4 rings (SSSR count). The second-order valence-corrected chi connectivity index (χ2v) is 9.25. The Morgan fingerprint density at radius 1 is 1.07 bits per heavy atom. The second kappa shape index (κ2) is 8.04. The van der Waals surface area contributed by atoms with Gasteiger partial charge in [-0.25, -0.2) is 13.2 Å². The predicted molar refractivity (Wildman–Crippen MR) is 112 cm³/mol. The van der Waals surface area contributed by atoms with Gasteiger partial charge < -0.3 is 9.72 Å². The van der Waals surface area contributed by atoms with Crippen molar-refractivity contribution >= 4 is 32.7 Å². The maximum Gasteiger partial charge on any atom is 0.338 e. The summed E-state index contributed by atoms with van der Waals surface area (Å²) in [5.41, 5.74) is 2.13. The number of H-pyrrole nitrogens is 1. The van der Waals surface area contributed by atoms with Crippen molar-refractivity contribution in [2.45, 2.75) is 24.7 Å². The zero-order valence-electron chi connectivity index (χ0n) is 16.6. The number of nitrogens with zero attached hydrogens (tertiary/aromatic N) is 1. The van der Waals surface area contributed by atoms with Crippen LogP contribution in [-0.2, 0) is 14.8 Å². The van der Waals surface area contributed by atoms with Crippen LogP contribution in [0, 0.1) is 6.92 Å². The largest absolute Gasteiger partial charge is 0.454 e. The highest BCUT2D eigenvalue weighted by atomic mass is 32.2. The van der Waals surface area contributed by atoms with Gasteiger partial charge in [0.2, 0.25) is 15.8 Å². The summed E-state index contributed by atoms with van der Waals surface area (Å²) in [5.74, 6) is -1.06. The van der Waals surface area contributed by atoms with E-state index >= 15 is 0 Å². The number of rotatable bonds is 6. The third-order valence-electron chi connectivity index (χ3n) is 5.28. The smallest absolute Gasteiger partial charge is 0.338 e. The van der Waals surface area contributed by atoms with Gasteiger partial charge in [-0.3, -0.25) is 4.79 Å². The summed E-state index contributed by atoms with van der Waals surface area (Å²) >= 11 is 0. The molecule has 1 N–H and O–H groups in total. The van der Waals surface area contributed by atoms with Gasteiger partial charge in [0.15, 0.2) is 6.61 Å². The lowest BCUT2D eigenvalue weighted by Crippen LogP contribution is -2.28. The summed E-state index contributed by atoms with van der Waals surface area (Å²) in [5, 5.41) is 0.773. The highest BCUT2D eigenvalue weighted by Crippen LogP contribution is 2.23. The van der Waals surface area contributed by atoms with Gasteiger partial charge in [0.05, 0.1) is 10.5 Å². The Hall–Kier alpha value is -2.97. The van der Waals surface area contributed by atoms with Gasteiger partial charge in [-0.1, -0.05) is 24.3 Å². The van der Waals surface area contributed by atoms with Crippen LogP contribution in [0.3, 0.4) is 0 Å². The van der Waals surface area contributed by atoms with E-state index in [0.29, 0.717) is 24.3 Å². The number of carbonyl (C=O) groups excluding carboxylic acids is 2. The molecule has 0 spiro atoms. The summed E-state index contributed by atoms with van der Waals surface area (Å²) in [7, 11) is -3.64. The van der Waals surface area contributed by atoms with Crippen molar-refractivity contribution in [3.05, 3.63) is 65.4 Å². The number of Topliss-reactive ketones (excluding diaryl/α,β-unsaturated/α-hetero) is 1. The van der Waals surface area contributed by atoms with Crippen molar-refractivity contribution < 1.29 is 22.7 Å². The zero-order chi connectivity index (χ0) is 21.3. The summed E-state index contributed by atoms with van der Waals surface area (Å²) in [6.45, 7) is 2.33. The fourth-order valence-electron chi connectivity index (χ4n) is 3.78. The first-order valence-electron chi connectivity index (χ1n) is 9.76. The first kappa shape index (κ1) is 20.3. The fraction of sp³-hybridized carbons (Fsp3) is 0.273. The quantitative estimate of drug-likeness (QED) is 0.482. The maximum atomic E-state index is 12.7. The van der Waals surface area contributed by atoms with Gasteiger partial charge in [0.25, 0.3) is 0 Å². The lowest BCUT2D eigenvalue weighted by molar-refractivity contribution is 0.0474. The molecule has 2 heterocycles. The number of benzene rings is 2. The molecule has 0 unspecified atom stereocenters. The molecule has 0 amide bonds. The van der Waals surface area contributed by atoms with Crippen molar-refractivity contribution in [1.29, 1.82) is 0 Å². The molecule has 0 saturated carbocycles. The summed E-state index contributed by atoms with van der Waals surface area (Å²) < 4.78 is 32.0. The molecule has 0 bridgehead atoms. The Balaban J connectivity index is 1.49. The Kier molecular flexibility index (Phi) is 5.44. The molecular formula is C22H22N2O5S. The summed E-state index contributed by atoms with van der Waals surface area (Å²) in [6.07, 6.45) is 1.66. The number of ketones is 1. The Bertz CT molecular complexity index is 1220. The first-order chi connectivity index (χ1) is 14.4. The number of carbonyl (C=O) groups is 2. The van der Waals surface area contributed by atoms with Crippen LogP contribution in [0.2, 0.25) is 0 Å². The van der Waals surface area contributed by atoms with E-state index in [1.807, 2.05) is 24.3 Å². The molecule has 1 aliphatic heterocycles. The molecule has 1 saturated heterocycles. The zero-order valence-corrected chi connectivity index (χ0v) is 17.4. The molecule has 0 atom stereocenters. The summed E-state index contributed by atoms with van der Waals surface area (Å²) in [6, 6.07) is 13.2. The lowest BCUT2D eigenvalue weighted by Gasteiger charge is -2.15. The van der Waals surface area contributed by atoms with E-state index in [9.17, 15) is 18.0 Å². The van der Waals surface area contributed by atoms with Crippen LogP contribution >= 0.6 is 0 Å². The number of hydrogen-bond donors (Lipinski definition) is 1. The number of aryl methyl sites for hydroxylation is 1. The minimum absolute atomic E-state index is 0.0534. The van der Waals surface area contributed by atoms with Gasteiger partial charge in [0, 0.05) is 35.2 Å². The minimum Gasteiger partial charge on any atom is -0.454 e. The molecule has 1 aromatic heterocycles. The number of esters is 1. The molecule has 0 aliphatic carbocycles. The fourth-order valence-corrected chi connectivity index (χ4v) is 5.35. The topological polar surface area (TPSA) is 96.5 Å². The Morgan fingerprint density at radius 2 is 1.80 bits per heavy atom. The van der Waals surface area contributed by atoms with Crippen molar-refractivity contribution in [2.75, 3.05) is 19.7 Å². The molecule has 0 radical (unpaired) electrons. The molecule has 8 heteroatoms. The van der Waals surface area contributed by atoms with E-state index in [4.69, 9.17) is 4.74 Å². The number of para-hydroxylation sites is 1. The monoisotopic (exact) mass is 426 g/mol. The number of aromatic amines is 1. The number of aromatic nitrogens is 1. The van der Waals surface area contributed by atoms with Crippen LogP contribution in [0.25, 0.3) is 10.9 Å². The number of ether oxygens (including phenoxy) is 1. The van der Waals surface area contributed by atoms with E-state index in [1.54, 1.807) is 6.92 Å². The van der Waals surface area contributed by atoms with E-state index in [0.717, 1.165) is 23.7 Å². The molecule has 1 fully saturated rings. The molecule has 3 aromatic rings. The Morgan fingerprint density at radius 3 is 2.57 bits per heavy atom. The number of nitrogens with one attached hydrogen (secondary N) is 1. The van der Waals surface area contributed by atoms with Gasteiger partial charge >= 0.3 is 5.97 Å². The number of hydrogen-bond acceptors (Lipinski definition) is 5. The second-order valence-electron chi connectivity index (χ2n) is 7.31. The Labute approximate surface area is 174 Å². The first-order valence-corrected chi connectivity index (χ1v) is 11.2. The van der Waals surface area contributed by atoms with Crippen LogP contribution in [0.4, 0.5) is 0 Å². The molecule has 1 aliphatic rings. The van der Waals surface area contributed by atoms with Gasteiger partial charge in [-0.05, 0) is 44.0 Å². The third-order valence-corrected chi connectivity index (χ3v) is 7.17. The lowest BCUT2D eigenvalue weighted by atomic mass is 10.1. The molecule has 30 heavy (non-hydrogen) atoms. The van der Waals surface area contributed by atoms with E-state index in [2.05, 4.69) is 4.98 Å². The van der Waals surface area contributed by atoms with Gasteiger partial charge in [-0.2, -0.15) is 4.31 Å². The average Bonchev–Trinajstić information content (AvgIpc) is 3.39. The predicted octanol–water partition coefficient (Wildman–Crippen LogP) is 3.30. The minimum atomic E-state index is -3.64. The average molecular weight is 426 g/mol. The van der Waals surface area contributed by atoms with Gasteiger partial charge in [0.1, 0.15) is 0 Å². The van der Waals surface area contributed by atoms with Crippen molar-refractivity contribution in [1.82, 2.24) is 9.29 Å². The van der Waals surface area contributed by atoms with E-state index in [-0.39, 0.29) is 16.2 Å². The standard InChI is InChI=1S/C22H22N2O5S/c1-15-21(18-9-2-3-10-19(18)23-15)20(25)14-29-22(26)16-7-6-8-17(13-16)30(27,28)24-11-4-5-12-24/h2-3,6-10,13,23H,4-5,11-12,14H2,1H3. The van der Waals surface area contributed by atoms with Crippen LogP contribution in [0.15, 0.2) is 53.4 Å². The van der Waals surface area contributed by atoms with Crippen LogP contribution in [0.5, 0.6) is 0 Å². The normalized spacial score (nSPS) is 14.8. The van der Waals surface area contributed by atoms with E-state index < -0.39 is 22.6 Å². The maximum absolute atomic E-state index is 12.7. The third kappa shape index (κ3) is 3.76. The van der Waals surface area contributed by atoms with Crippen molar-refractivity contribution in [2.24, 2.45) is 0 Å². The molecule has 7 nitrogen and oxygen atoms in total. The highest BCUT2D eigenvalue weighted by molar-refractivity contribution is 7.89. The van der Waals surface area contributed by atoms with Gasteiger partial charge in [-0.15, -0.1) is 0 Å². The van der Waals surface area contributed by atoms with Crippen LogP contribution in [-0.4, -0.2) is 49.2 Å². The molecular weight excluding hydrogens is 404 g/mol. The molecule has 156 valence electrons. The highest BCUT2D eigenvalue weighted by Gasteiger charge is 2.28. The molecule has 2 aromatic carbocycles. The number of sulfonamides is 1. The van der Waals surface area contributed by atoms with Crippen molar-refractivity contribution in [3.63, 3.8) is 0 Å². The SMILES string of the molecule is Cc1[nH]c2ccccc2c1C(=O)COC(=O)c1cccc(S(=O)(=O)N2CCCC2)c1. The van der Waals surface area contributed by atoms with Crippen molar-refractivity contribution in [3.8, 4) is 0 Å². The van der Waals surface area contributed by atoms with Crippen LogP contribution < -0.4 is 0 Å². The van der Waals surface area contributed by atoms with Crippen LogP contribution in [0.1, 0.15) is 39.3 Å².